The smallest absolute Gasteiger partial charge is 0.230 e. The van der Waals surface area contributed by atoms with E-state index in [-0.39, 0.29) is 5.91 Å². The Morgan fingerprint density at radius 2 is 1.85 bits per heavy atom. The number of hydrogen-bond acceptors (Lipinski definition) is 3. The number of anilines is 2. The predicted octanol–water partition coefficient (Wildman–Crippen LogP) is 2.08. The van der Waals surface area contributed by atoms with Crippen molar-refractivity contribution in [3.63, 3.8) is 0 Å². The van der Waals surface area contributed by atoms with E-state index in [0.29, 0.717) is 17.1 Å². The number of ether oxygens (including phenoxy) is 1. The summed E-state index contributed by atoms with van der Waals surface area (Å²) in [6, 6.07) is 15.4. The average Bonchev–Trinajstić information content (AvgIpc) is 2.68. The minimum Gasteiger partial charge on any atom is -0.495 e. The average molecular weight is 375 g/mol. The summed E-state index contributed by atoms with van der Waals surface area (Å²) < 4.78 is 5.46. The Hall–Kier alpha value is -2.24. The first-order valence-corrected chi connectivity index (χ1v) is 9.31. The fourth-order valence-electron chi connectivity index (χ4n) is 3.27. The van der Waals surface area contributed by atoms with Gasteiger partial charge >= 0.3 is 0 Å². The summed E-state index contributed by atoms with van der Waals surface area (Å²) in [6.07, 6.45) is 0.495. The summed E-state index contributed by atoms with van der Waals surface area (Å²) in [6.45, 7) is 4.77. The summed E-state index contributed by atoms with van der Waals surface area (Å²) in [4.78, 5) is 16.0. The van der Waals surface area contributed by atoms with Crippen LogP contribution in [-0.2, 0) is 4.79 Å². The molecule has 2 aromatic rings. The molecule has 2 aromatic carbocycles. The van der Waals surface area contributed by atoms with Crippen LogP contribution in [0, 0.1) is 0 Å². The molecule has 0 bridgehead atoms. The lowest BCUT2D eigenvalue weighted by Crippen LogP contribution is -3.15. The topological polar surface area (TPSA) is 46.0 Å². The molecule has 2 N–H and O–H groups in total. The van der Waals surface area contributed by atoms with Gasteiger partial charge in [0.25, 0.3) is 0 Å². The van der Waals surface area contributed by atoms with Crippen molar-refractivity contribution in [2.75, 3.05) is 50.1 Å². The van der Waals surface area contributed by atoms with Crippen LogP contribution >= 0.6 is 11.6 Å². The van der Waals surface area contributed by atoms with Gasteiger partial charge in [-0.3, -0.25) is 4.79 Å². The van der Waals surface area contributed by atoms with Crippen molar-refractivity contribution in [2.24, 2.45) is 0 Å². The molecular formula is C20H25ClN3O2+. The van der Waals surface area contributed by atoms with Gasteiger partial charge in [-0.15, -0.1) is 0 Å². The first kappa shape index (κ1) is 18.5. The highest BCUT2D eigenvalue weighted by atomic mass is 35.5. The second-order valence-corrected chi connectivity index (χ2v) is 6.84. The monoisotopic (exact) mass is 374 g/mol. The zero-order valence-electron chi connectivity index (χ0n) is 15.0. The number of carbonyl (C=O) groups excluding carboxylic acids is 1. The number of para-hydroxylation sites is 3. The molecule has 0 spiro atoms. The molecule has 26 heavy (non-hydrogen) atoms. The molecule has 1 amide bonds. The van der Waals surface area contributed by atoms with Crippen LogP contribution in [-0.4, -0.2) is 45.7 Å². The summed E-state index contributed by atoms with van der Waals surface area (Å²) in [7, 11) is 1.71. The lowest BCUT2D eigenvalue weighted by molar-refractivity contribution is -0.900. The molecule has 3 rings (SSSR count). The lowest BCUT2D eigenvalue weighted by Gasteiger charge is -2.34. The molecule has 1 heterocycles. The number of benzene rings is 2. The highest BCUT2D eigenvalue weighted by Crippen LogP contribution is 2.27. The van der Waals surface area contributed by atoms with Gasteiger partial charge in [-0.25, -0.2) is 0 Å². The molecule has 0 atom stereocenters. The van der Waals surface area contributed by atoms with Crippen molar-refractivity contribution in [3.05, 3.63) is 53.6 Å². The maximum atomic E-state index is 12.2. The maximum absolute atomic E-state index is 12.2. The molecule has 1 aliphatic rings. The fraction of sp³-hybridized carbons (Fsp3) is 0.350. The van der Waals surface area contributed by atoms with Crippen molar-refractivity contribution in [3.8, 4) is 5.75 Å². The van der Waals surface area contributed by atoms with E-state index in [2.05, 4.69) is 16.3 Å². The number of nitrogens with one attached hydrogen (secondary N) is 2. The molecular weight excluding hydrogens is 350 g/mol. The minimum atomic E-state index is 0.0118. The zero-order valence-corrected chi connectivity index (χ0v) is 15.8. The summed E-state index contributed by atoms with van der Waals surface area (Å²) >= 11 is 6.08. The lowest BCUT2D eigenvalue weighted by atomic mass is 10.2. The predicted molar refractivity (Wildman–Crippen MR) is 105 cm³/mol. The fourth-order valence-corrected chi connectivity index (χ4v) is 3.45. The van der Waals surface area contributed by atoms with Crippen LogP contribution < -0.4 is 19.9 Å². The van der Waals surface area contributed by atoms with Crippen LogP contribution in [0.3, 0.4) is 0 Å². The van der Waals surface area contributed by atoms with Crippen LogP contribution in [0.1, 0.15) is 6.42 Å². The second-order valence-electron chi connectivity index (χ2n) is 6.44. The number of amides is 1. The number of nitrogens with zero attached hydrogens (tertiary/aromatic N) is 1. The Labute approximate surface area is 159 Å². The van der Waals surface area contributed by atoms with Gasteiger partial charge < -0.3 is 19.9 Å². The molecule has 1 aliphatic heterocycles. The molecule has 0 saturated carbocycles. The largest absolute Gasteiger partial charge is 0.495 e. The van der Waals surface area contributed by atoms with Crippen LogP contribution in [0.4, 0.5) is 11.4 Å². The van der Waals surface area contributed by atoms with E-state index in [4.69, 9.17) is 16.3 Å². The van der Waals surface area contributed by atoms with E-state index in [1.807, 2.05) is 36.4 Å². The molecule has 0 unspecified atom stereocenters. The Kier molecular flexibility index (Phi) is 6.36. The summed E-state index contributed by atoms with van der Waals surface area (Å²) in [5, 5.41) is 3.46. The molecule has 6 heteroatoms. The Morgan fingerprint density at radius 1 is 1.15 bits per heavy atom. The molecule has 0 radical (unpaired) electrons. The van der Waals surface area contributed by atoms with Crippen molar-refractivity contribution in [1.82, 2.24) is 0 Å². The van der Waals surface area contributed by atoms with Gasteiger partial charge in [0, 0.05) is 0 Å². The number of quaternary nitrogens is 1. The van der Waals surface area contributed by atoms with Crippen molar-refractivity contribution < 1.29 is 14.4 Å². The first-order valence-electron chi connectivity index (χ1n) is 8.93. The van der Waals surface area contributed by atoms with E-state index in [9.17, 15) is 4.79 Å². The SMILES string of the molecule is COc1ccccc1N1CC[NH+](CCC(=O)Nc2ccccc2Cl)CC1. The normalized spacial score (nSPS) is 14.9. The van der Waals surface area contributed by atoms with E-state index in [1.165, 1.54) is 4.90 Å². The highest BCUT2D eigenvalue weighted by Gasteiger charge is 2.22. The Balaban J connectivity index is 1.45. The van der Waals surface area contributed by atoms with Gasteiger partial charge in [0.1, 0.15) is 5.75 Å². The molecule has 1 fully saturated rings. The number of piperazine rings is 1. The van der Waals surface area contributed by atoms with Gasteiger partial charge in [0.05, 0.1) is 62.7 Å². The number of methoxy groups -OCH3 is 1. The Morgan fingerprint density at radius 3 is 2.58 bits per heavy atom. The number of hydrogen-bond donors (Lipinski definition) is 2. The number of carbonyl (C=O) groups is 1. The molecule has 0 aromatic heterocycles. The van der Waals surface area contributed by atoms with Crippen molar-refractivity contribution in [1.29, 1.82) is 0 Å². The quantitative estimate of drug-likeness (QED) is 0.813. The third-order valence-electron chi connectivity index (χ3n) is 4.75. The van der Waals surface area contributed by atoms with Crippen molar-refractivity contribution in [2.45, 2.75) is 6.42 Å². The molecule has 0 aliphatic carbocycles. The van der Waals surface area contributed by atoms with Gasteiger partial charge in [-0.1, -0.05) is 35.9 Å². The van der Waals surface area contributed by atoms with Crippen LogP contribution in [0.2, 0.25) is 5.02 Å². The van der Waals surface area contributed by atoms with Crippen molar-refractivity contribution >= 4 is 28.9 Å². The maximum Gasteiger partial charge on any atom is 0.230 e. The Bertz CT molecular complexity index is 745. The van der Waals surface area contributed by atoms with E-state index in [1.54, 1.807) is 13.2 Å². The van der Waals surface area contributed by atoms with Crippen LogP contribution in [0.25, 0.3) is 0 Å². The van der Waals surface area contributed by atoms with Gasteiger partial charge in [0.2, 0.25) is 5.91 Å². The molecule has 5 nitrogen and oxygen atoms in total. The number of halogens is 1. The van der Waals surface area contributed by atoms with E-state index < -0.39 is 0 Å². The van der Waals surface area contributed by atoms with Crippen LogP contribution in [0.5, 0.6) is 5.75 Å². The summed E-state index contributed by atoms with van der Waals surface area (Å²) in [5.41, 5.74) is 1.82. The summed E-state index contributed by atoms with van der Waals surface area (Å²) in [5.74, 6) is 0.924. The van der Waals surface area contributed by atoms with Crippen LogP contribution in [0.15, 0.2) is 48.5 Å². The third-order valence-corrected chi connectivity index (χ3v) is 5.08. The molecule has 138 valence electrons. The first-order chi connectivity index (χ1) is 12.7. The third kappa shape index (κ3) is 4.68. The number of rotatable bonds is 6. The molecule has 1 saturated heterocycles. The van der Waals surface area contributed by atoms with E-state index >= 15 is 0 Å². The van der Waals surface area contributed by atoms with E-state index in [0.717, 1.165) is 44.2 Å². The highest BCUT2D eigenvalue weighted by molar-refractivity contribution is 6.33. The standard InChI is InChI=1S/C20H24ClN3O2/c1-26-19-9-5-4-8-18(19)24-14-12-23(13-15-24)11-10-20(25)22-17-7-3-2-6-16(17)21/h2-9H,10-15H2,1H3,(H,22,25)/p+1. The second kappa shape index (κ2) is 8.92. The van der Waals surface area contributed by atoms with Gasteiger partial charge in [-0.05, 0) is 24.3 Å². The zero-order chi connectivity index (χ0) is 18.4. The van der Waals surface area contributed by atoms with Gasteiger partial charge in [-0.2, -0.15) is 0 Å². The minimum absolute atomic E-state index is 0.0118. The van der Waals surface area contributed by atoms with Gasteiger partial charge in [0.15, 0.2) is 0 Å².